The molecule has 3 aromatic rings. The largest absolute Gasteiger partial charge is 0.345 e. The summed E-state index contributed by atoms with van der Waals surface area (Å²) >= 11 is 0. The number of carbonyl (C=O) groups is 1. The maximum absolute atomic E-state index is 12.4. The van der Waals surface area contributed by atoms with Crippen molar-refractivity contribution < 1.29 is 9.72 Å². The van der Waals surface area contributed by atoms with Crippen molar-refractivity contribution in [3.63, 3.8) is 0 Å². The molecule has 0 bridgehead atoms. The molecule has 0 aliphatic rings. The molecule has 0 aliphatic carbocycles. The molecule has 0 saturated carbocycles. The fourth-order valence-electron chi connectivity index (χ4n) is 2.59. The summed E-state index contributed by atoms with van der Waals surface area (Å²) in [7, 11) is 0. The molecule has 1 atom stereocenters. The predicted octanol–water partition coefficient (Wildman–Crippen LogP) is 3.54. The van der Waals surface area contributed by atoms with E-state index in [4.69, 9.17) is 0 Å². The summed E-state index contributed by atoms with van der Waals surface area (Å²) < 4.78 is 0. The van der Waals surface area contributed by atoms with Crippen molar-refractivity contribution in [3.8, 4) is 11.1 Å². The highest BCUT2D eigenvalue weighted by Crippen LogP contribution is 2.22. The van der Waals surface area contributed by atoms with Gasteiger partial charge in [-0.05, 0) is 24.1 Å². The van der Waals surface area contributed by atoms with Crippen LogP contribution >= 0.6 is 0 Å². The second-order valence-corrected chi connectivity index (χ2v) is 5.72. The van der Waals surface area contributed by atoms with Crippen LogP contribution in [0.5, 0.6) is 0 Å². The van der Waals surface area contributed by atoms with Crippen molar-refractivity contribution in [1.82, 2.24) is 15.3 Å². The molecule has 1 aromatic heterocycles. The van der Waals surface area contributed by atoms with Gasteiger partial charge in [-0.3, -0.25) is 14.9 Å². The minimum atomic E-state index is -0.559. The standard InChI is InChI=1S/C19H16N4O3/c1-13(22-19(24)17-4-2-3-5-18(17)23(25)26)14-6-8-15(9-7-14)16-10-20-12-21-11-16/h2-13H,1H3,(H,22,24)/t13-/m0/s1. The van der Waals surface area contributed by atoms with Crippen LogP contribution in [0.4, 0.5) is 5.69 Å². The molecule has 3 rings (SSSR count). The molecular weight excluding hydrogens is 332 g/mol. The Morgan fingerprint density at radius 2 is 1.69 bits per heavy atom. The first-order valence-electron chi connectivity index (χ1n) is 7.96. The molecule has 26 heavy (non-hydrogen) atoms. The van der Waals surface area contributed by atoms with E-state index in [1.807, 2.05) is 31.2 Å². The summed E-state index contributed by atoms with van der Waals surface area (Å²) in [4.78, 5) is 30.9. The highest BCUT2D eigenvalue weighted by atomic mass is 16.6. The zero-order chi connectivity index (χ0) is 18.5. The van der Waals surface area contributed by atoms with Crippen LogP contribution in [0.25, 0.3) is 11.1 Å². The average Bonchev–Trinajstić information content (AvgIpc) is 2.68. The van der Waals surface area contributed by atoms with Gasteiger partial charge in [0.2, 0.25) is 0 Å². The van der Waals surface area contributed by atoms with E-state index in [-0.39, 0.29) is 17.3 Å². The monoisotopic (exact) mass is 348 g/mol. The van der Waals surface area contributed by atoms with E-state index in [0.29, 0.717) is 0 Å². The lowest BCUT2D eigenvalue weighted by molar-refractivity contribution is -0.385. The van der Waals surface area contributed by atoms with Gasteiger partial charge in [-0.1, -0.05) is 36.4 Å². The molecule has 0 saturated heterocycles. The van der Waals surface area contributed by atoms with Gasteiger partial charge in [0.15, 0.2) is 0 Å². The third kappa shape index (κ3) is 3.72. The first kappa shape index (κ1) is 17.2. The zero-order valence-corrected chi connectivity index (χ0v) is 14.0. The number of hydrogen-bond acceptors (Lipinski definition) is 5. The lowest BCUT2D eigenvalue weighted by atomic mass is 10.0. The summed E-state index contributed by atoms with van der Waals surface area (Å²) in [6.45, 7) is 1.83. The molecule has 0 fully saturated rings. The topological polar surface area (TPSA) is 98.0 Å². The highest BCUT2D eigenvalue weighted by molar-refractivity contribution is 5.98. The van der Waals surface area contributed by atoms with Crippen molar-refractivity contribution in [2.24, 2.45) is 0 Å². The number of aromatic nitrogens is 2. The Kier molecular flexibility index (Phi) is 4.98. The van der Waals surface area contributed by atoms with Gasteiger partial charge in [0, 0.05) is 24.0 Å². The number of nitro groups is 1. The molecule has 1 N–H and O–H groups in total. The maximum Gasteiger partial charge on any atom is 0.282 e. The molecular formula is C19H16N4O3. The van der Waals surface area contributed by atoms with Gasteiger partial charge in [0.25, 0.3) is 11.6 Å². The number of para-hydroxylation sites is 1. The highest BCUT2D eigenvalue weighted by Gasteiger charge is 2.20. The predicted molar refractivity (Wildman–Crippen MR) is 96.4 cm³/mol. The number of rotatable bonds is 5. The van der Waals surface area contributed by atoms with Gasteiger partial charge >= 0.3 is 0 Å². The SMILES string of the molecule is C[C@H](NC(=O)c1ccccc1[N+](=O)[O-])c1ccc(-c2cncnc2)cc1. The molecule has 7 nitrogen and oxygen atoms in total. The normalized spacial score (nSPS) is 11.6. The Bertz CT molecular complexity index is 927. The number of nitrogens with zero attached hydrogens (tertiary/aromatic N) is 3. The average molecular weight is 348 g/mol. The molecule has 0 unspecified atom stereocenters. The van der Waals surface area contributed by atoms with Crippen LogP contribution in [-0.2, 0) is 0 Å². The van der Waals surface area contributed by atoms with Crippen molar-refractivity contribution in [2.45, 2.75) is 13.0 Å². The van der Waals surface area contributed by atoms with Crippen LogP contribution in [0.1, 0.15) is 28.9 Å². The number of benzene rings is 2. The Balaban J connectivity index is 1.75. The first-order chi connectivity index (χ1) is 12.6. The number of nitrogens with one attached hydrogen (secondary N) is 1. The third-order valence-electron chi connectivity index (χ3n) is 4.00. The van der Waals surface area contributed by atoms with Gasteiger partial charge in [-0.15, -0.1) is 0 Å². The van der Waals surface area contributed by atoms with E-state index in [0.717, 1.165) is 16.7 Å². The fourth-order valence-corrected chi connectivity index (χ4v) is 2.59. The number of carbonyl (C=O) groups excluding carboxylic acids is 1. The van der Waals surface area contributed by atoms with E-state index in [1.54, 1.807) is 18.5 Å². The van der Waals surface area contributed by atoms with Crippen LogP contribution in [0.3, 0.4) is 0 Å². The van der Waals surface area contributed by atoms with Gasteiger partial charge in [-0.2, -0.15) is 0 Å². The van der Waals surface area contributed by atoms with Gasteiger partial charge in [0.1, 0.15) is 11.9 Å². The van der Waals surface area contributed by atoms with Crippen LogP contribution in [0.2, 0.25) is 0 Å². The van der Waals surface area contributed by atoms with Crippen LogP contribution in [0, 0.1) is 10.1 Å². The molecule has 0 aliphatic heterocycles. The van der Waals surface area contributed by atoms with Gasteiger partial charge in [-0.25, -0.2) is 9.97 Å². The van der Waals surface area contributed by atoms with Crippen molar-refractivity contribution in [2.75, 3.05) is 0 Å². The second kappa shape index (κ2) is 7.52. The summed E-state index contributed by atoms with van der Waals surface area (Å²) in [5.74, 6) is -0.481. The number of nitro benzene ring substituents is 1. The summed E-state index contributed by atoms with van der Waals surface area (Å²) in [6.07, 6.45) is 4.92. The summed E-state index contributed by atoms with van der Waals surface area (Å²) in [5, 5.41) is 13.9. The summed E-state index contributed by atoms with van der Waals surface area (Å²) in [6, 6.07) is 13.2. The Morgan fingerprint density at radius 3 is 2.35 bits per heavy atom. The van der Waals surface area contributed by atoms with E-state index >= 15 is 0 Å². The van der Waals surface area contributed by atoms with E-state index in [9.17, 15) is 14.9 Å². The number of amides is 1. The van der Waals surface area contributed by atoms with Gasteiger partial charge < -0.3 is 5.32 Å². The van der Waals surface area contributed by atoms with Crippen molar-refractivity contribution in [3.05, 3.63) is 88.5 Å². The molecule has 2 aromatic carbocycles. The Morgan fingerprint density at radius 1 is 1.04 bits per heavy atom. The minimum absolute atomic E-state index is 0.0439. The third-order valence-corrected chi connectivity index (χ3v) is 4.00. The van der Waals surface area contributed by atoms with Gasteiger partial charge in [0.05, 0.1) is 11.0 Å². The van der Waals surface area contributed by atoms with Crippen molar-refractivity contribution >= 4 is 11.6 Å². The Hall–Kier alpha value is -3.61. The Labute approximate surface area is 149 Å². The fraction of sp³-hybridized carbons (Fsp3) is 0.105. The van der Waals surface area contributed by atoms with Crippen molar-refractivity contribution in [1.29, 1.82) is 0 Å². The van der Waals surface area contributed by atoms with Crippen LogP contribution < -0.4 is 5.32 Å². The smallest absolute Gasteiger partial charge is 0.282 e. The van der Waals surface area contributed by atoms with E-state index < -0.39 is 10.8 Å². The summed E-state index contributed by atoms with van der Waals surface area (Å²) in [5.41, 5.74) is 2.58. The lowest BCUT2D eigenvalue weighted by Gasteiger charge is -2.15. The first-order valence-corrected chi connectivity index (χ1v) is 7.96. The molecule has 1 amide bonds. The molecule has 130 valence electrons. The zero-order valence-electron chi connectivity index (χ0n) is 14.0. The van der Waals surface area contributed by atoms with E-state index in [2.05, 4.69) is 15.3 Å². The van der Waals surface area contributed by atoms with Crippen LogP contribution in [0.15, 0.2) is 67.3 Å². The minimum Gasteiger partial charge on any atom is -0.345 e. The van der Waals surface area contributed by atoms with E-state index in [1.165, 1.54) is 24.5 Å². The molecule has 1 heterocycles. The molecule has 7 heteroatoms. The number of hydrogen-bond donors (Lipinski definition) is 1. The lowest BCUT2D eigenvalue weighted by Crippen LogP contribution is -2.27. The molecule has 0 radical (unpaired) electrons. The quantitative estimate of drug-likeness (QED) is 0.562. The van der Waals surface area contributed by atoms with Crippen LogP contribution in [-0.4, -0.2) is 20.8 Å². The maximum atomic E-state index is 12.4. The second-order valence-electron chi connectivity index (χ2n) is 5.72. The molecule has 0 spiro atoms.